The molecule has 0 radical (unpaired) electrons. The zero-order valence-electron chi connectivity index (χ0n) is 36.6. The second-order valence-electron chi connectivity index (χ2n) is 16.2. The molecule has 2 heterocycles. The van der Waals surface area contributed by atoms with Crippen molar-refractivity contribution in [3.05, 3.63) is 242 Å². The molecule has 0 aliphatic heterocycles. The molecule has 0 saturated carbocycles. The summed E-state index contributed by atoms with van der Waals surface area (Å²) in [7, 11) is 0. The average molecular weight is 870 g/mol. The number of nitriles is 1. The third kappa shape index (κ3) is 8.45. The van der Waals surface area contributed by atoms with E-state index in [1.54, 1.807) is 0 Å². The molecular formula is C61H39N7. The van der Waals surface area contributed by atoms with Crippen LogP contribution in [0.4, 0.5) is 0 Å². The Morgan fingerprint density at radius 1 is 0.221 bits per heavy atom. The van der Waals surface area contributed by atoms with Gasteiger partial charge in [-0.1, -0.05) is 212 Å². The molecule has 68 heavy (non-hydrogen) atoms. The maximum absolute atomic E-state index is 9.89. The van der Waals surface area contributed by atoms with E-state index < -0.39 is 0 Å². The van der Waals surface area contributed by atoms with Crippen molar-refractivity contribution in [3.8, 4) is 119 Å². The summed E-state index contributed by atoms with van der Waals surface area (Å²) >= 11 is 0. The lowest BCUT2D eigenvalue weighted by Crippen LogP contribution is -2.01. The third-order valence-corrected chi connectivity index (χ3v) is 11.9. The molecule has 0 aliphatic carbocycles. The molecule has 318 valence electrons. The molecular weight excluding hydrogens is 831 g/mol. The lowest BCUT2D eigenvalue weighted by atomic mass is 9.86. The van der Waals surface area contributed by atoms with Crippen LogP contribution in [-0.4, -0.2) is 29.9 Å². The number of rotatable bonds is 10. The van der Waals surface area contributed by atoms with Crippen molar-refractivity contribution in [1.82, 2.24) is 29.9 Å². The van der Waals surface area contributed by atoms with Crippen molar-refractivity contribution in [3.63, 3.8) is 0 Å². The van der Waals surface area contributed by atoms with Crippen LogP contribution in [0.15, 0.2) is 237 Å². The van der Waals surface area contributed by atoms with Gasteiger partial charge in [-0.25, -0.2) is 29.9 Å². The quantitative estimate of drug-likeness (QED) is 0.135. The Morgan fingerprint density at radius 2 is 0.574 bits per heavy atom. The molecule has 11 aromatic rings. The normalized spacial score (nSPS) is 10.9. The number of hydrogen-bond acceptors (Lipinski definition) is 7. The van der Waals surface area contributed by atoms with Crippen LogP contribution < -0.4 is 0 Å². The summed E-state index contributed by atoms with van der Waals surface area (Å²) in [4.78, 5) is 30.3. The van der Waals surface area contributed by atoms with Gasteiger partial charge < -0.3 is 0 Å². The van der Waals surface area contributed by atoms with Crippen molar-refractivity contribution in [2.24, 2.45) is 0 Å². The van der Waals surface area contributed by atoms with E-state index in [0.29, 0.717) is 40.5 Å². The van der Waals surface area contributed by atoms with E-state index >= 15 is 0 Å². The smallest absolute Gasteiger partial charge is 0.164 e. The highest BCUT2D eigenvalue weighted by molar-refractivity contribution is 5.97. The second-order valence-corrected chi connectivity index (χ2v) is 16.2. The van der Waals surface area contributed by atoms with Crippen LogP contribution in [0, 0.1) is 11.3 Å². The zero-order valence-corrected chi connectivity index (χ0v) is 36.6. The summed E-state index contributed by atoms with van der Waals surface area (Å²) in [6.45, 7) is 0. The second kappa shape index (κ2) is 18.5. The van der Waals surface area contributed by atoms with E-state index in [-0.39, 0.29) is 0 Å². The van der Waals surface area contributed by atoms with E-state index in [1.807, 2.05) is 152 Å². The first kappa shape index (κ1) is 41.2. The maximum atomic E-state index is 9.89. The molecule has 0 fully saturated rings. The van der Waals surface area contributed by atoms with Crippen molar-refractivity contribution in [1.29, 1.82) is 5.26 Å². The fourth-order valence-electron chi connectivity index (χ4n) is 8.53. The molecule has 0 amide bonds. The molecule has 0 N–H and O–H groups in total. The van der Waals surface area contributed by atoms with Gasteiger partial charge >= 0.3 is 0 Å². The fraction of sp³-hybridized carbons (Fsp3) is 0. The molecule has 0 saturated heterocycles. The maximum Gasteiger partial charge on any atom is 0.164 e. The van der Waals surface area contributed by atoms with Crippen LogP contribution in [0.25, 0.3) is 113 Å². The largest absolute Gasteiger partial charge is 0.208 e. The molecule has 2 aromatic heterocycles. The number of nitrogens with zero attached hydrogens (tertiary/aromatic N) is 7. The van der Waals surface area contributed by atoms with E-state index in [9.17, 15) is 5.26 Å². The summed E-state index contributed by atoms with van der Waals surface area (Å²) in [6, 6.07) is 81.9. The predicted octanol–water partition coefficient (Wildman–Crippen LogP) is 14.6. The SMILES string of the molecule is N#Cc1cccc(-c2ccc(-c3cccc(-c4nc(-c5ccccc5)nc(-c5ccccc5)n4)c3)c(-c3ccccc3-c3ccccc3-c3nc(-c4ccccc4)nc(-c4ccccc4)n3)c2)c1. The van der Waals surface area contributed by atoms with Gasteiger partial charge in [0.2, 0.25) is 0 Å². The highest BCUT2D eigenvalue weighted by Gasteiger charge is 2.21. The van der Waals surface area contributed by atoms with Gasteiger partial charge in [-0.15, -0.1) is 0 Å². The van der Waals surface area contributed by atoms with Gasteiger partial charge in [0.05, 0.1) is 11.6 Å². The molecule has 9 aromatic carbocycles. The molecule has 0 atom stereocenters. The lowest BCUT2D eigenvalue weighted by Gasteiger charge is -2.19. The first-order valence-corrected chi connectivity index (χ1v) is 22.3. The molecule has 0 spiro atoms. The van der Waals surface area contributed by atoms with Gasteiger partial charge in [-0.2, -0.15) is 5.26 Å². The van der Waals surface area contributed by atoms with Crippen molar-refractivity contribution < 1.29 is 0 Å². The number of aromatic nitrogens is 6. The van der Waals surface area contributed by atoms with Crippen LogP contribution in [-0.2, 0) is 0 Å². The Labute approximate surface area is 394 Å². The zero-order chi connectivity index (χ0) is 45.7. The first-order chi connectivity index (χ1) is 33.6. The third-order valence-electron chi connectivity index (χ3n) is 11.9. The molecule has 11 rings (SSSR count). The first-order valence-electron chi connectivity index (χ1n) is 22.3. The van der Waals surface area contributed by atoms with Crippen molar-refractivity contribution in [2.45, 2.75) is 0 Å². The van der Waals surface area contributed by atoms with E-state index in [1.165, 1.54) is 0 Å². The summed E-state index contributed by atoms with van der Waals surface area (Å²) in [6.07, 6.45) is 0. The van der Waals surface area contributed by atoms with Crippen molar-refractivity contribution in [2.75, 3.05) is 0 Å². The Morgan fingerprint density at radius 3 is 1.07 bits per heavy atom. The molecule has 0 aliphatic rings. The minimum atomic E-state index is 0.570. The van der Waals surface area contributed by atoms with Gasteiger partial charge in [0.25, 0.3) is 0 Å². The minimum Gasteiger partial charge on any atom is -0.208 e. The number of hydrogen-bond donors (Lipinski definition) is 0. The molecule has 0 bridgehead atoms. The molecule has 0 unspecified atom stereocenters. The van der Waals surface area contributed by atoms with Crippen molar-refractivity contribution >= 4 is 0 Å². The van der Waals surface area contributed by atoms with Gasteiger partial charge in [-0.3, -0.25) is 0 Å². The van der Waals surface area contributed by atoms with Gasteiger partial charge in [-0.05, 0) is 68.8 Å². The van der Waals surface area contributed by atoms with E-state index in [0.717, 1.165) is 77.9 Å². The van der Waals surface area contributed by atoms with Gasteiger partial charge in [0.15, 0.2) is 34.9 Å². The van der Waals surface area contributed by atoms with Crippen LogP contribution in [0.5, 0.6) is 0 Å². The standard InChI is InChI=1S/C61H39N7/c62-40-41-19-17-28-46(37-41)47-35-36-50(48-29-18-30-49(38-48)60-65-56(42-20-5-1-6-21-42)63-57(66-60)43-22-7-2-8-23-43)55(39-47)53-33-14-13-31-51(53)52-32-15-16-34-54(52)61-67-58(44-24-9-3-10-25-44)64-59(68-61)45-26-11-4-12-27-45/h1-39H. The Bertz CT molecular complexity index is 3510. The summed E-state index contributed by atoms with van der Waals surface area (Å²) < 4.78 is 0. The Hall–Kier alpha value is -9.51. The van der Waals surface area contributed by atoms with Gasteiger partial charge in [0, 0.05) is 33.4 Å². The van der Waals surface area contributed by atoms with Gasteiger partial charge in [0.1, 0.15) is 0 Å². The Kier molecular flexibility index (Phi) is 11.2. The van der Waals surface area contributed by atoms with Crippen LogP contribution in [0.1, 0.15) is 5.56 Å². The molecule has 7 nitrogen and oxygen atoms in total. The van der Waals surface area contributed by atoms with Crippen LogP contribution in [0.3, 0.4) is 0 Å². The lowest BCUT2D eigenvalue weighted by molar-refractivity contribution is 1.07. The fourth-order valence-corrected chi connectivity index (χ4v) is 8.53. The van der Waals surface area contributed by atoms with E-state index in [4.69, 9.17) is 29.9 Å². The van der Waals surface area contributed by atoms with Crippen LogP contribution >= 0.6 is 0 Å². The Balaban J connectivity index is 1.09. The molecule has 7 heteroatoms. The minimum absolute atomic E-state index is 0.570. The highest BCUT2D eigenvalue weighted by Crippen LogP contribution is 2.43. The van der Waals surface area contributed by atoms with E-state index in [2.05, 4.69) is 91.0 Å². The average Bonchev–Trinajstić information content (AvgIpc) is 3.43. The highest BCUT2D eigenvalue weighted by atomic mass is 15.0. The predicted molar refractivity (Wildman–Crippen MR) is 272 cm³/mol. The van der Waals surface area contributed by atoms with Crippen LogP contribution in [0.2, 0.25) is 0 Å². The summed E-state index contributed by atoms with van der Waals surface area (Å²) in [5, 5.41) is 9.89. The number of benzene rings is 9. The summed E-state index contributed by atoms with van der Waals surface area (Å²) in [5.41, 5.74) is 13.9. The monoisotopic (exact) mass is 869 g/mol. The summed E-state index contributed by atoms with van der Waals surface area (Å²) in [5.74, 6) is 3.53. The topological polar surface area (TPSA) is 101 Å².